The van der Waals surface area contributed by atoms with E-state index in [-0.39, 0.29) is 28.5 Å². The summed E-state index contributed by atoms with van der Waals surface area (Å²) in [5.74, 6) is 1.36. The number of benzene rings is 2. The number of fused-ring (bicyclic) bond motifs is 5. The normalized spacial score (nSPS) is 29.6. The number of carbonyl (C=O) groups excluding carboxylic acids is 1. The Labute approximate surface area is 175 Å². The molecule has 30 heavy (non-hydrogen) atoms. The van der Waals surface area contributed by atoms with Crippen molar-refractivity contribution >= 4 is 17.3 Å². The van der Waals surface area contributed by atoms with E-state index in [1.54, 1.807) is 12.1 Å². The molecule has 1 amide bonds. The molecule has 0 spiro atoms. The Morgan fingerprint density at radius 3 is 2.57 bits per heavy atom. The number of hydrogen-bond acceptors (Lipinski definition) is 4. The zero-order chi connectivity index (χ0) is 20.8. The highest BCUT2D eigenvalue weighted by atomic mass is 16.6. The van der Waals surface area contributed by atoms with Crippen LogP contribution in [0.1, 0.15) is 24.9 Å². The Morgan fingerprint density at radius 2 is 1.80 bits per heavy atom. The second kappa shape index (κ2) is 7.27. The summed E-state index contributed by atoms with van der Waals surface area (Å²) in [5, 5.41) is 14.9. The first-order valence-electron chi connectivity index (χ1n) is 10.6. The molecule has 5 rings (SSSR count). The number of carbonyl (C=O) groups is 1. The minimum Gasteiger partial charge on any atom is -0.353 e. The molecule has 2 aliphatic carbocycles. The second-order valence-electron chi connectivity index (χ2n) is 8.67. The summed E-state index contributed by atoms with van der Waals surface area (Å²) in [6, 6.07) is 16.1. The first-order valence-corrected chi connectivity index (χ1v) is 10.6. The lowest BCUT2D eigenvalue weighted by Crippen LogP contribution is -2.48. The van der Waals surface area contributed by atoms with Crippen molar-refractivity contribution in [2.24, 2.45) is 23.7 Å². The van der Waals surface area contributed by atoms with E-state index < -0.39 is 6.04 Å². The van der Waals surface area contributed by atoms with Crippen LogP contribution in [0.5, 0.6) is 0 Å². The fraction of sp³-hybridized carbons (Fsp3) is 0.375. The van der Waals surface area contributed by atoms with Gasteiger partial charge in [0.25, 0.3) is 5.69 Å². The maximum absolute atomic E-state index is 13.6. The predicted molar refractivity (Wildman–Crippen MR) is 115 cm³/mol. The molecule has 1 heterocycles. The highest BCUT2D eigenvalue weighted by Crippen LogP contribution is 2.55. The zero-order valence-corrected chi connectivity index (χ0v) is 16.8. The standard InChI is InChI=1S/C24H25N3O3/c1-15(16-7-3-2-4-8-16)25-24(28)23-22-18-12-11-17(13-18)19(22)14-26(23)20-9-5-6-10-21(20)27(29)30/h2-12,15,17-19,22-23H,13-14H2,1H3,(H,25,28)/t15-,17-,18+,19-,22+,23+/m1/s1. The van der Waals surface area contributed by atoms with Gasteiger partial charge in [-0.1, -0.05) is 54.6 Å². The van der Waals surface area contributed by atoms with Crippen molar-refractivity contribution in [1.29, 1.82) is 0 Å². The highest BCUT2D eigenvalue weighted by Gasteiger charge is 2.57. The molecule has 1 saturated heterocycles. The lowest BCUT2D eigenvalue weighted by atomic mass is 9.81. The minimum atomic E-state index is -0.401. The van der Waals surface area contributed by atoms with Gasteiger partial charge in [-0.15, -0.1) is 0 Å². The third kappa shape index (κ3) is 2.98. The van der Waals surface area contributed by atoms with E-state index in [9.17, 15) is 14.9 Å². The van der Waals surface area contributed by atoms with E-state index in [2.05, 4.69) is 17.5 Å². The molecule has 6 nitrogen and oxygen atoms in total. The lowest BCUT2D eigenvalue weighted by molar-refractivity contribution is -0.384. The predicted octanol–water partition coefficient (Wildman–Crippen LogP) is 4.10. The quantitative estimate of drug-likeness (QED) is 0.463. The SMILES string of the molecule is C[C@@H](NC(=O)[C@@H]1[C@@H]2[C@H](CN1c1ccccc1[N+](=O)[O-])[C@@H]1C=C[C@H]2C1)c1ccccc1. The van der Waals surface area contributed by atoms with Gasteiger partial charge in [-0.2, -0.15) is 0 Å². The van der Waals surface area contributed by atoms with Crippen LogP contribution in [-0.4, -0.2) is 23.4 Å². The summed E-state index contributed by atoms with van der Waals surface area (Å²) in [6.07, 6.45) is 5.62. The molecule has 1 N–H and O–H groups in total. The van der Waals surface area contributed by atoms with E-state index >= 15 is 0 Å². The largest absolute Gasteiger partial charge is 0.353 e. The van der Waals surface area contributed by atoms with Crippen molar-refractivity contribution in [3.05, 3.63) is 82.4 Å². The molecule has 6 heteroatoms. The lowest BCUT2D eigenvalue weighted by Gasteiger charge is -2.31. The molecule has 3 aliphatic rings. The van der Waals surface area contributed by atoms with E-state index in [0.29, 0.717) is 30.0 Å². The second-order valence-corrected chi connectivity index (χ2v) is 8.67. The summed E-state index contributed by atoms with van der Waals surface area (Å²) < 4.78 is 0. The minimum absolute atomic E-state index is 0.0436. The number of amides is 1. The third-order valence-corrected chi connectivity index (χ3v) is 7.11. The van der Waals surface area contributed by atoms with Crippen LogP contribution in [0.2, 0.25) is 0 Å². The van der Waals surface area contributed by atoms with E-state index in [4.69, 9.17) is 0 Å². The monoisotopic (exact) mass is 403 g/mol. The van der Waals surface area contributed by atoms with Crippen molar-refractivity contribution in [3.63, 3.8) is 0 Å². The van der Waals surface area contributed by atoms with Crippen LogP contribution in [0.3, 0.4) is 0 Å². The maximum Gasteiger partial charge on any atom is 0.292 e. The van der Waals surface area contributed by atoms with Crippen LogP contribution < -0.4 is 10.2 Å². The molecule has 154 valence electrons. The smallest absolute Gasteiger partial charge is 0.292 e. The first kappa shape index (κ1) is 18.9. The van der Waals surface area contributed by atoms with E-state index in [1.165, 1.54) is 6.07 Å². The summed E-state index contributed by atoms with van der Waals surface area (Å²) in [4.78, 5) is 26.9. The van der Waals surface area contributed by atoms with Crippen molar-refractivity contribution in [2.45, 2.75) is 25.4 Å². The summed E-state index contributed by atoms with van der Waals surface area (Å²) in [5.41, 5.74) is 1.65. The van der Waals surface area contributed by atoms with Crippen molar-refractivity contribution in [2.75, 3.05) is 11.4 Å². The number of nitro benzene ring substituents is 1. The van der Waals surface area contributed by atoms with Gasteiger partial charge in [0.1, 0.15) is 11.7 Å². The van der Waals surface area contributed by atoms with Gasteiger partial charge in [-0.05, 0) is 48.6 Å². The highest BCUT2D eigenvalue weighted by molar-refractivity contribution is 5.88. The van der Waals surface area contributed by atoms with Crippen LogP contribution in [-0.2, 0) is 4.79 Å². The third-order valence-electron chi connectivity index (χ3n) is 7.11. The van der Waals surface area contributed by atoms with Gasteiger partial charge in [0, 0.05) is 12.6 Å². The number of para-hydroxylation sites is 2. The Kier molecular flexibility index (Phi) is 4.57. The number of allylic oxidation sites excluding steroid dienone is 2. The Hall–Kier alpha value is -3.15. The van der Waals surface area contributed by atoms with Crippen molar-refractivity contribution in [3.8, 4) is 0 Å². The first-order chi connectivity index (χ1) is 14.5. The molecule has 2 bridgehead atoms. The molecular weight excluding hydrogens is 378 g/mol. The molecule has 2 fully saturated rings. The number of nitrogens with one attached hydrogen (secondary N) is 1. The molecule has 0 unspecified atom stereocenters. The number of rotatable bonds is 5. The van der Waals surface area contributed by atoms with Crippen LogP contribution in [0.25, 0.3) is 0 Å². The van der Waals surface area contributed by atoms with Gasteiger partial charge in [-0.3, -0.25) is 14.9 Å². The van der Waals surface area contributed by atoms with Gasteiger partial charge in [0.15, 0.2) is 0 Å². The number of nitro groups is 1. The molecule has 1 aliphatic heterocycles. The zero-order valence-electron chi connectivity index (χ0n) is 16.8. The topological polar surface area (TPSA) is 75.5 Å². The Morgan fingerprint density at radius 1 is 1.10 bits per heavy atom. The van der Waals surface area contributed by atoms with Crippen LogP contribution in [0, 0.1) is 33.8 Å². The van der Waals surface area contributed by atoms with Crippen LogP contribution in [0.4, 0.5) is 11.4 Å². The number of nitrogens with zero attached hydrogens (tertiary/aromatic N) is 2. The fourth-order valence-corrected chi connectivity index (χ4v) is 5.79. The molecule has 6 atom stereocenters. The van der Waals surface area contributed by atoms with Crippen molar-refractivity contribution < 1.29 is 9.72 Å². The summed E-state index contributed by atoms with van der Waals surface area (Å²) in [6.45, 7) is 2.66. The number of hydrogen-bond donors (Lipinski definition) is 1. The Balaban J connectivity index is 1.48. The van der Waals surface area contributed by atoms with Gasteiger partial charge >= 0.3 is 0 Å². The van der Waals surface area contributed by atoms with Gasteiger partial charge in [0.05, 0.1) is 11.0 Å². The summed E-state index contributed by atoms with van der Waals surface area (Å²) in [7, 11) is 0. The Bertz CT molecular complexity index is 1010. The average molecular weight is 403 g/mol. The molecule has 1 saturated carbocycles. The summed E-state index contributed by atoms with van der Waals surface area (Å²) >= 11 is 0. The van der Waals surface area contributed by atoms with E-state index in [1.807, 2.05) is 48.2 Å². The molecule has 2 aromatic rings. The molecular formula is C24H25N3O3. The van der Waals surface area contributed by atoms with Crippen molar-refractivity contribution in [1.82, 2.24) is 5.32 Å². The van der Waals surface area contributed by atoms with Crippen LogP contribution in [0.15, 0.2) is 66.7 Å². The van der Waals surface area contributed by atoms with Gasteiger partial charge in [-0.25, -0.2) is 0 Å². The maximum atomic E-state index is 13.6. The van der Waals surface area contributed by atoms with Gasteiger partial charge in [0.2, 0.25) is 5.91 Å². The fourth-order valence-electron chi connectivity index (χ4n) is 5.79. The average Bonchev–Trinajstić information content (AvgIpc) is 3.46. The van der Waals surface area contributed by atoms with Gasteiger partial charge < -0.3 is 10.2 Å². The molecule has 2 aromatic carbocycles. The van der Waals surface area contributed by atoms with Crippen LogP contribution >= 0.6 is 0 Å². The molecule has 0 radical (unpaired) electrons. The number of anilines is 1. The molecule has 0 aromatic heterocycles. The van der Waals surface area contributed by atoms with E-state index in [0.717, 1.165) is 12.0 Å².